The molecular formula is C13H10FN5O2S. The van der Waals surface area contributed by atoms with E-state index < -0.39 is 5.97 Å². The number of nitrogens with zero attached hydrogens (tertiary/aromatic N) is 3. The van der Waals surface area contributed by atoms with Crippen molar-refractivity contribution >= 4 is 39.3 Å². The molecule has 0 spiro atoms. The summed E-state index contributed by atoms with van der Waals surface area (Å²) in [4.78, 5) is 23.5. The third kappa shape index (κ3) is 2.79. The van der Waals surface area contributed by atoms with Crippen LogP contribution >= 0.6 is 11.3 Å². The summed E-state index contributed by atoms with van der Waals surface area (Å²) in [6, 6.07) is 6.10. The predicted molar refractivity (Wildman–Crippen MR) is 79.6 cm³/mol. The molecule has 0 saturated carbocycles. The number of halogens is 1. The SMILES string of the molecule is Nc1nc(N)nc(COC(=O)c2cc3c(F)cccc3s2)n1. The molecule has 2 heterocycles. The second-order valence-corrected chi connectivity index (χ2v) is 5.39. The zero-order valence-electron chi connectivity index (χ0n) is 11.1. The van der Waals surface area contributed by atoms with E-state index in [1.54, 1.807) is 12.1 Å². The standard InChI is InChI=1S/C13H10FN5O2S/c14-7-2-1-3-8-6(7)4-9(22-8)11(20)21-5-10-17-12(15)19-13(16)18-10/h1-4H,5H2,(H4,15,16,17,18,19). The number of fused-ring (bicyclic) bond motifs is 1. The van der Waals surface area contributed by atoms with Crippen LogP contribution in [0.25, 0.3) is 10.1 Å². The molecule has 0 aliphatic heterocycles. The van der Waals surface area contributed by atoms with Gasteiger partial charge in [-0.15, -0.1) is 11.3 Å². The number of ether oxygens (including phenoxy) is 1. The number of hydrogen-bond acceptors (Lipinski definition) is 8. The predicted octanol–water partition coefficient (Wildman–Crippen LogP) is 1.75. The van der Waals surface area contributed by atoms with Gasteiger partial charge in [0.05, 0.1) is 0 Å². The van der Waals surface area contributed by atoms with Crippen molar-refractivity contribution in [1.82, 2.24) is 15.0 Å². The summed E-state index contributed by atoms with van der Waals surface area (Å²) in [6.07, 6.45) is 0. The van der Waals surface area contributed by atoms with Crippen molar-refractivity contribution in [3.05, 3.63) is 40.8 Å². The highest BCUT2D eigenvalue weighted by molar-refractivity contribution is 7.20. The fourth-order valence-corrected chi connectivity index (χ4v) is 2.82. The van der Waals surface area contributed by atoms with Crippen LogP contribution in [0.1, 0.15) is 15.5 Å². The number of thiophene rings is 1. The van der Waals surface area contributed by atoms with Crippen molar-refractivity contribution in [2.24, 2.45) is 0 Å². The minimum atomic E-state index is -0.599. The van der Waals surface area contributed by atoms with Crippen LogP contribution in [0, 0.1) is 5.82 Å². The van der Waals surface area contributed by atoms with Crippen molar-refractivity contribution < 1.29 is 13.9 Å². The Morgan fingerprint density at radius 1 is 1.23 bits per heavy atom. The summed E-state index contributed by atoms with van der Waals surface area (Å²) < 4.78 is 19.3. The van der Waals surface area contributed by atoms with Crippen molar-refractivity contribution in [1.29, 1.82) is 0 Å². The van der Waals surface area contributed by atoms with Crippen LogP contribution < -0.4 is 11.5 Å². The van der Waals surface area contributed by atoms with Gasteiger partial charge in [0, 0.05) is 10.1 Å². The van der Waals surface area contributed by atoms with E-state index in [9.17, 15) is 9.18 Å². The Kier molecular flexibility index (Phi) is 3.55. The van der Waals surface area contributed by atoms with Crippen LogP contribution in [0.5, 0.6) is 0 Å². The summed E-state index contributed by atoms with van der Waals surface area (Å²) in [6.45, 7) is -0.202. The zero-order chi connectivity index (χ0) is 15.7. The van der Waals surface area contributed by atoms with Gasteiger partial charge in [-0.2, -0.15) is 15.0 Å². The van der Waals surface area contributed by atoms with Crippen molar-refractivity contribution in [3.63, 3.8) is 0 Å². The Morgan fingerprint density at radius 2 is 1.95 bits per heavy atom. The Bertz CT molecular complexity index is 847. The van der Waals surface area contributed by atoms with Crippen LogP contribution in [0.4, 0.5) is 16.3 Å². The number of rotatable bonds is 3. The maximum absolute atomic E-state index is 13.6. The molecule has 3 rings (SSSR count). The topological polar surface area (TPSA) is 117 Å². The number of hydrogen-bond donors (Lipinski definition) is 2. The number of nitrogen functional groups attached to an aromatic ring is 2. The van der Waals surface area contributed by atoms with E-state index in [2.05, 4.69) is 15.0 Å². The van der Waals surface area contributed by atoms with Gasteiger partial charge in [-0.3, -0.25) is 0 Å². The lowest BCUT2D eigenvalue weighted by Crippen LogP contribution is -2.10. The molecule has 0 saturated heterocycles. The number of carbonyl (C=O) groups excluding carboxylic acids is 1. The second kappa shape index (κ2) is 5.53. The maximum atomic E-state index is 13.6. The number of aromatic nitrogens is 3. The molecule has 0 bridgehead atoms. The second-order valence-electron chi connectivity index (χ2n) is 4.31. The molecule has 9 heteroatoms. The van der Waals surface area contributed by atoms with Gasteiger partial charge in [-0.1, -0.05) is 6.07 Å². The number of anilines is 2. The highest BCUT2D eigenvalue weighted by Gasteiger charge is 2.14. The molecule has 7 nitrogen and oxygen atoms in total. The molecule has 0 amide bonds. The van der Waals surface area contributed by atoms with Crippen molar-refractivity contribution in [2.45, 2.75) is 6.61 Å². The lowest BCUT2D eigenvalue weighted by Gasteiger charge is -2.03. The third-order valence-electron chi connectivity index (χ3n) is 2.76. The first kappa shape index (κ1) is 14.1. The largest absolute Gasteiger partial charge is 0.453 e. The van der Waals surface area contributed by atoms with Gasteiger partial charge in [0.25, 0.3) is 0 Å². The number of carbonyl (C=O) groups is 1. The molecule has 4 N–H and O–H groups in total. The van der Waals surface area contributed by atoms with Crippen LogP contribution in [-0.4, -0.2) is 20.9 Å². The van der Waals surface area contributed by atoms with Crippen LogP contribution in [0.15, 0.2) is 24.3 Å². The molecule has 1 aromatic carbocycles. The van der Waals surface area contributed by atoms with E-state index in [0.717, 1.165) is 11.3 Å². The molecule has 22 heavy (non-hydrogen) atoms. The quantitative estimate of drug-likeness (QED) is 0.706. The van der Waals surface area contributed by atoms with Gasteiger partial charge in [-0.05, 0) is 18.2 Å². The Morgan fingerprint density at radius 3 is 2.64 bits per heavy atom. The maximum Gasteiger partial charge on any atom is 0.348 e. The van der Waals surface area contributed by atoms with E-state index in [1.165, 1.54) is 12.1 Å². The van der Waals surface area contributed by atoms with E-state index in [4.69, 9.17) is 16.2 Å². The first-order valence-electron chi connectivity index (χ1n) is 6.14. The van der Waals surface area contributed by atoms with Crippen molar-refractivity contribution in [2.75, 3.05) is 11.5 Å². The van der Waals surface area contributed by atoms with E-state index in [0.29, 0.717) is 10.1 Å². The van der Waals surface area contributed by atoms with E-state index >= 15 is 0 Å². The minimum absolute atomic E-state index is 0.0533. The molecule has 0 aliphatic rings. The summed E-state index contributed by atoms with van der Waals surface area (Å²) in [7, 11) is 0. The Hall–Kier alpha value is -2.81. The van der Waals surface area contributed by atoms with Gasteiger partial charge in [0.2, 0.25) is 11.9 Å². The molecule has 0 aliphatic carbocycles. The van der Waals surface area contributed by atoms with Gasteiger partial charge >= 0.3 is 5.97 Å². The smallest absolute Gasteiger partial charge is 0.348 e. The molecule has 0 unspecified atom stereocenters. The van der Waals surface area contributed by atoms with Crippen LogP contribution in [-0.2, 0) is 11.3 Å². The highest BCUT2D eigenvalue weighted by Crippen LogP contribution is 2.28. The fraction of sp³-hybridized carbons (Fsp3) is 0.0769. The first-order valence-corrected chi connectivity index (χ1v) is 6.95. The number of nitrogens with two attached hydrogens (primary N) is 2. The lowest BCUT2D eigenvalue weighted by atomic mass is 10.2. The molecule has 0 radical (unpaired) electrons. The van der Waals surface area contributed by atoms with E-state index in [-0.39, 0.29) is 35.0 Å². The van der Waals surface area contributed by atoms with Gasteiger partial charge in [0.1, 0.15) is 10.7 Å². The van der Waals surface area contributed by atoms with E-state index in [1.807, 2.05) is 0 Å². The molecular weight excluding hydrogens is 309 g/mol. The average Bonchev–Trinajstić information content (AvgIpc) is 2.89. The number of esters is 1. The lowest BCUT2D eigenvalue weighted by molar-refractivity contribution is 0.0468. The van der Waals surface area contributed by atoms with Crippen LogP contribution in [0.3, 0.4) is 0 Å². The summed E-state index contributed by atoms with van der Waals surface area (Å²) >= 11 is 1.14. The normalized spacial score (nSPS) is 10.8. The van der Waals surface area contributed by atoms with Crippen molar-refractivity contribution in [3.8, 4) is 0 Å². The summed E-state index contributed by atoms with van der Waals surface area (Å²) in [5, 5.41) is 0.383. The molecule has 112 valence electrons. The monoisotopic (exact) mass is 319 g/mol. The Labute approximate surface area is 127 Å². The Balaban J connectivity index is 1.77. The minimum Gasteiger partial charge on any atom is -0.453 e. The molecule has 2 aromatic heterocycles. The number of benzene rings is 1. The fourth-order valence-electron chi connectivity index (χ4n) is 1.85. The van der Waals surface area contributed by atoms with Gasteiger partial charge < -0.3 is 16.2 Å². The molecule has 3 aromatic rings. The first-order chi connectivity index (χ1) is 10.5. The highest BCUT2D eigenvalue weighted by atomic mass is 32.1. The zero-order valence-corrected chi connectivity index (χ0v) is 11.9. The molecule has 0 fully saturated rings. The van der Waals surface area contributed by atoms with Gasteiger partial charge in [0.15, 0.2) is 12.4 Å². The van der Waals surface area contributed by atoms with Crippen LogP contribution in [0.2, 0.25) is 0 Å². The summed E-state index contributed by atoms with van der Waals surface area (Å²) in [5.41, 5.74) is 10.8. The summed E-state index contributed by atoms with van der Waals surface area (Å²) in [5.74, 6) is -0.945. The third-order valence-corrected chi connectivity index (χ3v) is 3.84. The van der Waals surface area contributed by atoms with Gasteiger partial charge in [-0.25, -0.2) is 9.18 Å². The molecule has 0 atom stereocenters. The average molecular weight is 319 g/mol.